The summed E-state index contributed by atoms with van der Waals surface area (Å²) in [5, 5.41) is 8.74. The fourth-order valence-corrected chi connectivity index (χ4v) is 1.68. The van der Waals surface area contributed by atoms with Crippen molar-refractivity contribution >= 4 is 34.4 Å². The Bertz CT molecular complexity index is 167. The van der Waals surface area contributed by atoms with Crippen LogP contribution in [0.1, 0.15) is 6.42 Å². The molecule has 0 aromatic rings. The minimum atomic E-state index is -1.14. The molecule has 0 fully saturated rings. The van der Waals surface area contributed by atoms with Gasteiger partial charge in [0, 0.05) is 0 Å². The molecule has 0 bridgehead atoms. The van der Waals surface area contributed by atoms with Crippen LogP contribution in [0.25, 0.3) is 0 Å². The molecule has 0 aliphatic rings. The molecule has 6 heteroatoms. The van der Waals surface area contributed by atoms with Crippen LogP contribution in [0.2, 0.25) is 0 Å². The standard InChI is InChI=1S/C5H10N2O2SSe/c6-2-1-5(3-10,7-11)4(8)9/h10H,1-3,6H2,(H,8,9)/t5-/m0/s1. The van der Waals surface area contributed by atoms with Gasteiger partial charge < -0.3 is 0 Å². The van der Waals surface area contributed by atoms with Crippen molar-refractivity contribution in [2.24, 2.45) is 9.70 Å². The van der Waals surface area contributed by atoms with Gasteiger partial charge in [-0.05, 0) is 0 Å². The topological polar surface area (TPSA) is 75.7 Å². The summed E-state index contributed by atoms with van der Waals surface area (Å²) >= 11 is 6.25. The Labute approximate surface area is 78.6 Å². The van der Waals surface area contributed by atoms with E-state index in [2.05, 4.69) is 32.4 Å². The van der Waals surface area contributed by atoms with E-state index in [4.69, 9.17) is 10.8 Å². The number of nitrogens with zero attached hydrogens (tertiary/aromatic N) is 1. The van der Waals surface area contributed by atoms with Gasteiger partial charge in [0.25, 0.3) is 0 Å². The Morgan fingerprint density at radius 2 is 2.36 bits per heavy atom. The van der Waals surface area contributed by atoms with Crippen molar-refractivity contribution < 1.29 is 9.90 Å². The molecule has 3 N–H and O–H groups in total. The second kappa shape index (κ2) is 4.87. The SMILES string of the molecule is NCC[C@@](CS)(N=[Se])C(=O)O. The van der Waals surface area contributed by atoms with Crippen LogP contribution in [0.5, 0.6) is 0 Å². The van der Waals surface area contributed by atoms with Gasteiger partial charge in [-0.3, -0.25) is 0 Å². The van der Waals surface area contributed by atoms with Crippen LogP contribution in [0.3, 0.4) is 0 Å². The van der Waals surface area contributed by atoms with Gasteiger partial charge in [-0.1, -0.05) is 0 Å². The molecular formula is C5H10N2O2SSe. The first-order valence-electron chi connectivity index (χ1n) is 3.02. The third-order valence-corrected chi connectivity index (χ3v) is 2.65. The molecule has 0 aliphatic heterocycles. The fraction of sp³-hybridized carbons (Fsp3) is 0.800. The van der Waals surface area contributed by atoms with E-state index in [0.29, 0.717) is 6.42 Å². The summed E-state index contributed by atoms with van der Waals surface area (Å²) in [4.78, 5) is 10.7. The van der Waals surface area contributed by atoms with E-state index in [-0.39, 0.29) is 12.3 Å². The van der Waals surface area contributed by atoms with Gasteiger partial charge in [0.05, 0.1) is 0 Å². The summed E-state index contributed by atoms with van der Waals surface area (Å²) in [5.41, 5.74) is 4.09. The number of thiol groups is 1. The molecule has 0 aliphatic carbocycles. The average Bonchev–Trinajstić information content (AvgIpc) is 2.00. The van der Waals surface area contributed by atoms with E-state index in [1.165, 1.54) is 0 Å². The van der Waals surface area contributed by atoms with Crippen molar-refractivity contribution in [3.63, 3.8) is 0 Å². The predicted molar refractivity (Wildman–Crippen MR) is 46.1 cm³/mol. The summed E-state index contributed by atoms with van der Waals surface area (Å²) in [7, 11) is 0. The molecule has 0 radical (unpaired) electrons. The molecule has 0 saturated heterocycles. The first-order chi connectivity index (χ1) is 5.13. The maximum absolute atomic E-state index is 10.7. The van der Waals surface area contributed by atoms with Crippen LogP contribution < -0.4 is 5.73 Å². The zero-order chi connectivity index (χ0) is 8.91. The van der Waals surface area contributed by atoms with Gasteiger partial charge in [0.2, 0.25) is 0 Å². The number of aliphatic carboxylic acids is 1. The minimum absolute atomic E-state index is 0.159. The number of carbonyl (C=O) groups is 1. The molecular weight excluding hydrogens is 231 g/mol. The summed E-state index contributed by atoms with van der Waals surface area (Å²) in [6, 6.07) is 0. The van der Waals surface area contributed by atoms with Crippen molar-refractivity contribution in [1.82, 2.24) is 0 Å². The molecule has 0 spiro atoms. The van der Waals surface area contributed by atoms with Crippen LogP contribution in [-0.2, 0) is 4.79 Å². The normalized spacial score (nSPS) is 15.5. The predicted octanol–water partition coefficient (Wildman–Crippen LogP) is -0.560. The summed E-state index contributed by atoms with van der Waals surface area (Å²) < 4.78 is 3.65. The van der Waals surface area contributed by atoms with Crippen molar-refractivity contribution in [2.75, 3.05) is 12.3 Å². The molecule has 0 aromatic carbocycles. The molecule has 1 atom stereocenters. The average molecular weight is 241 g/mol. The fourth-order valence-electron chi connectivity index (χ4n) is 0.606. The Hall–Kier alpha value is 0.0995. The first-order valence-corrected chi connectivity index (χ1v) is 4.41. The van der Waals surface area contributed by atoms with Gasteiger partial charge in [-0.25, -0.2) is 0 Å². The van der Waals surface area contributed by atoms with Crippen molar-refractivity contribution in [3.05, 3.63) is 0 Å². The Kier molecular flexibility index (Phi) is 4.92. The molecule has 0 rings (SSSR count). The van der Waals surface area contributed by atoms with E-state index in [9.17, 15) is 4.79 Å². The zero-order valence-electron chi connectivity index (χ0n) is 5.86. The van der Waals surface area contributed by atoms with Gasteiger partial charge in [0.1, 0.15) is 0 Å². The molecule has 0 aromatic heterocycles. The number of rotatable bonds is 5. The van der Waals surface area contributed by atoms with E-state index in [1.807, 2.05) is 0 Å². The monoisotopic (exact) mass is 242 g/mol. The molecule has 11 heavy (non-hydrogen) atoms. The Balaban J connectivity index is 4.45. The van der Waals surface area contributed by atoms with Crippen molar-refractivity contribution in [1.29, 1.82) is 0 Å². The molecule has 0 heterocycles. The molecule has 0 amide bonds. The Morgan fingerprint density at radius 1 is 1.82 bits per heavy atom. The van der Waals surface area contributed by atoms with E-state index < -0.39 is 11.5 Å². The summed E-state index contributed by atoms with van der Waals surface area (Å²) in [5.74, 6) is -0.830. The van der Waals surface area contributed by atoms with Crippen LogP contribution in [0.4, 0.5) is 0 Å². The second-order valence-corrected chi connectivity index (χ2v) is 2.82. The number of nitrogens with two attached hydrogens (primary N) is 1. The zero-order valence-corrected chi connectivity index (χ0v) is 8.46. The van der Waals surface area contributed by atoms with E-state index >= 15 is 0 Å². The number of hydrogen-bond acceptors (Lipinski definition) is 4. The van der Waals surface area contributed by atoms with E-state index in [1.54, 1.807) is 0 Å². The Morgan fingerprint density at radius 3 is 2.45 bits per heavy atom. The third kappa shape index (κ3) is 2.56. The molecule has 0 unspecified atom stereocenters. The summed E-state index contributed by atoms with van der Waals surface area (Å²) in [6.07, 6.45) is 0.304. The molecule has 64 valence electrons. The van der Waals surface area contributed by atoms with Crippen LogP contribution in [0.15, 0.2) is 3.96 Å². The molecule has 0 saturated carbocycles. The van der Waals surface area contributed by atoms with Crippen molar-refractivity contribution in [2.45, 2.75) is 12.0 Å². The van der Waals surface area contributed by atoms with Gasteiger partial charge in [0.15, 0.2) is 0 Å². The first kappa shape index (κ1) is 11.1. The van der Waals surface area contributed by atoms with Crippen LogP contribution >= 0.6 is 12.6 Å². The van der Waals surface area contributed by atoms with Gasteiger partial charge in [-0.2, -0.15) is 0 Å². The van der Waals surface area contributed by atoms with E-state index in [0.717, 1.165) is 0 Å². The van der Waals surface area contributed by atoms with Gasteiger partial charge in [-0.15, -0.1) is 0 Å². The van der Waals surface area contributed by atoms with Crippen molar-refractivity contribution in [3.8, 4) is 0 Å². The van der Waals surface area contributed by atoms with Crippen LogP contribution in [-0.4, -0.2) is 44.7 Å². The maximum atomic E-state index is 10.7. The third-order valence-electron chi connectivity index (χ3n) is 1.39. The van der Waals surface area contributed by atoms with Gasteiger partial charge >= 0.3 is 78.3 Å². The quantitative estimate of drug-likeness (QED) is 0.446. The summed E-state index contributed by atoms with van der Waals surface area (Å²) in [6.45, 7) is 0.290. The molecule has 4 nitrogen and oxygen atoms in total. The second-order valence-electron chi connectivity index (χ2n) is 2.12. The number of hydrogen-bond donors (Lipinski definition) is 3. The number of carboxylic acid groups (broad SMARTS) is 1. The number of carboxylic acids is 1. The van der Waals surface area contributed by atoms with Crippen LogP contribution in [0, 0.1) is 0 Å².